The van der Waals surface area contributed by atoms with Gasteiger partial charge in [0, 0.05) is 7.11 Å². The Bertz CT molecular complexity index is 129. The molecular formula is C8H16KNO2. The van der Waals surface area contributed by atoms with Gasteiger partial charge in [-0.2, -0.15) is 0 Å². The van der Waals surface area contributed by atoms with E-state index in [2.05, 4.69) is 24.1 Å². The summed E-state index contributed by atoms with van der Waals surface area (Å²) in [5.41, 5.74) is 0.700. The van der Waals surface area contributed by atoms with Crippen LogP contribution in [-0.4, -0.2) is 20.2 Å². The molecule has 0 aromatic carbocycles. The average molecular weight is 197 g/mol. The van der Waals surface area contributed by atoms with Gasteiger partial charge in [0.2, 0.25) is 0 Å². The first-order valence-corrected chi connectivity index (χ1v) is 4.01. The minimum atomic E-state index is 0. The van der Waals surface area contributed by atoms with Crippen molar-refractivity contribution in [3.8, 4) is 0 Å². The Morgan fingerprint density at radius 1 is 1.33 bits per heavy atom. The van der Waals surface area contributed by atoms with E-state index in [0.29, 0.717) is 5.41 Å². The molecule has 0 bridgehead atoms. The van der Waals surface area contributed by atoms with E-state index in [0.717, 1.165) is 18.9 Å². The average Bonchev–Trinajstić information content (AvgIpc) is 2.30. The van der Waals surface area contributed by atoms with Gasteiger partial charge in [-0.1, -0.05) is 13.8 Å². The Kier molecular flexibility index (Phi) is 6.09. The van der Waals surface area contributed by atoms with Gasteiger partial charge in [-0.25, -0.2) is 0 Å². The molecule has 1 aliphatic heterocycles. The van der Waals surface area contributed by atoms with Gasteiger partial charge in [-0.3, -0.25) is 0 Å². The minimum absolute atomic E-state index is 0. The van der Waals surface area contributed by atoms with Crippen molar-refractivity contribution in [3.05, 3.63) is 0 Å². The van der Waals surface area contributed by atoms with Gasteiger partial charge in [0.25, 0.3) is 0 Å². The van der Waals surface area contributed by atoms with Crippen LogP contribution in [0.5, 0.6) is 0 Å². The molecule has 4 heteroatoms. The predicted octanol–water partition coefficient (Wildman–Crippen LogP) is -3.23. The fourth-order valence-electron chi connectivity index (χ4n) is 2.06. The van der Waals surface area contributed by atoms with Crippen LogP contribution in [0, 0.1) is 17.3 Å². The van der Waals surface area contributed by atoms with Crippen molar-refractivity contribution in [2.45, 2.75) is 13.8 Å². The van der Waals surface area contributed by atoms with E-state index in [1.807, 2.05) is 0 Å². The third kappa shape index (κ3) is 2.75. The van der Waals surface area contributed by atoms with Crippen molar-refractivity contribution >= 4 is 0 Å². The molecule has 0 aromatic rings. The molecule has 12 heavy (non-hydrogen) atoms. The molecule has 0 amide bonds. The SMILES string of the molecule is CC1(C)C2CNCC21.CO[O-].[K+]. The molecule has 3 nitrogen and oxygen atoms in total. The fourth-order valence-corrected chi connectivity index (χ4v) is 2.06. The van der Waals surface area contributed by atoms with Gasteiger partial charge in [0.1, 0.15) is 0 Å². The van der Waals surface area contributed by atoms with E-state index in [1.165, 1.54) is 13.1 Å². The molecule has 2 aliphatic rings. The monoisotopic (exact) mass is 197 g/mol. The van der Waals surface area contributed by atoms with Crippen LogP contribution in [-0.2, 0) is 4.89 Å². The topological polar surface area (TPSA) is 44.3 Å². The first-order chi connectivity index (χ1) is 5.14. The summed E-state index contributed by atoms with van der Waals surface area (Å²) in [6.07, 6.45) is 0. The van der Waals surface area contributed by atoms with Crippen molar-refractivity contribution in [2.24, 2.45) is 17.3 Å². The summed E-state index contributed by atoms with van der Waals surface area (Å²) < 4.78 is 0. The van der Waals surface area contributed by atoms with E-state index < -0.39 is 0 Å². The van der Waals surface area contributed by atoms with Crippen LogP contribution >= 0.6 is 0 Å². The van der Waals surface area contributed by atoms with Crippen molar-refractivity contribution in [1.29, 1.82) is 0 Å². The van der Waals surface area contributed by atoms with Gasteiger partial charge < -0.3 is 15.5 Å². The molecular weight excluding hydrogens is 181 g/mol. The molecule has 0 aromatic heterocycles. The van der Waals surface area contributed by atoms with Gasteiger partial charge in [-0.05, 0) is 30.3 Å². The van der Waals surface area contributed by atoms with Gasteiger partial charge in [0.15, 0.2) is 0 Å². The molecule has 1 heterocycles. The van der Waals surface area contributed by atoms with Crippen molar-refractivity contribution in [3.63, 3.8) is 0 Å². The summed E-state index contributed by atoms with van der Waals surface area (Å²) in [6.45, 7) is 7.31. The van der Waals surface area contributed by atoms with Crippen LogP contribution in [0.25, 0.3) is 0 Å². The molecule has 66 valence electrons. The first kappa shape index (κ1) is 13.5. The molecule has 1 aliphatic carbocycles. The number of hydrogen-bond acceptors (Lipinski definition) is 3. The van der Waals surface area contributed by atoms with Crippen molar-refractivity contribution < 1.29 is 61.5 Å². The summed E-state index contributed by atoms with van der Waals surface area (Å²) in [5.74, 6) is 2.03. The third-order valence-corrected chi connectivity index (χ3v) is 3.02. The number of rotatable bonds is 0. The van der Waals surface area contributed by atoms with E-state index in [-0.39, 0.29) is 51.4 Å². The Morgan fingerprint density at radius 2 is 1.67 bits per heavy atom. The van der Waals surface area contributed by atoms with Crippen LogP contribution < -0.4 is 62.0 Å². The molecule has 1 N–H and O–H groups in total. The maximum Gasteiger partial charge on any atom is 1.00 e. The molecule has 2 fully saturated rings. The zero-order valence-electron chi connectivity index (χ0n) is 8.39. The molecule has 0 radical (unpaired) electrons. The van der Waals surface area contributed by atoms with Crippen LogP contribution in [0.1, 0.15) is 13.8 Å². The third-order valence-electron chi connectivity index (χ3n) is 3.02. The summed E-state index contributed by atoms with van der Waals surface area (Å²) in [7, 11) is 1.07. The van der Waals surface area contributed by atoms with Crippen molar-refractivity contribution in [1.82, 2.24) is 5.32 Å². The molecule has 2 unspecified atom stereocenters. The minimum Gasteiger partial charge on any atom is -0.724 e. The zero-order valence-corrected chi connectivity index (χ0v) is 11.5. The van der Waals surface area contributed by atoms with Crippen LogP contribution in [0.15, 0.2) is 0 Å². The zero-order chi connectivity index (χ0) is 8.48. The summed E-state index contributed by atoms with van der Waals surface area (Å²) >= 11 is 0. The van der Waals surface area contributed by atoms with Crippen LogP contribution in [0.2, 0.25) is 0 Å². The molecule has 0 spiro atoms. The smallest absolute Gasteiger partial charge is 0.724 e. The number of piperidine rings is 1. The summed E-state index contributed by atoms with van der Waals surface area (Å²) in [4.78, 5) is 3.00. The maximum absolute atomic E-state index is 8.43. The Morgan fingerprint density at radius 3 is 1.83 bits per heavy atom. The van der Waals surface area contributed by atoms with Gasteiger partial charge in [-0.15, -0.1) is 0 Å². The van der Waals surface area contributed by atoms with Gasteiger partial charge >= 0.3 is 51.4 Å². The maximum atomic E-state index is 8.43. The first-order valence-electron chi connectivity index (χ1n) is 4.01. The second-order valence-corrected chi connectivity index (χ2v) is 3.86. The molecule has 2 atom stereocenters. The molecule has 1 saturated heterocycles. The second kappa shape index (κ2) is 5.41. The van der Waals surface area contributed by atoms with Crippen LogP contribution in [0.3, 0.4) is 0 Å². The van der Waals surface area contributed by atoms with Crippen LogP contribution in [0.4, 0.5) is 0 Å². The Balaban J connectivity index is 0.000000272. The number of nitrogens with one attached hydrogen (secondary N) is 1. The standard InChI is InChI=1S/C7H13N.CH4O2.K/c1-7(2)5-3-8-4-6(5)7;1-3-2;/h5-6,8H,3-4H2,1-2H3;2H,1H3;/q;;+1/p-1. The van der Waals surface area contributed by atoms with E-state index >= 15 is 0 Å². The molecule has 1 saturated carbocycles. The second-order valence-electron chi connectivity index (χ2n) is 3.86. The fraction of sp³-hybridized carbons (Fsp3) is 1.00. The van der Waals surface area contributed by atoms with E-state index in [1.54, 1.807) is 0 Å². The molecule has 2 rings (SSSR count). The van der Waals surface area contributed by atoms with Gasteiger partial charge in [0.05, 0.1) is 0 Å². The Labute approximate surface area is 117 Å². The largest absolute Gasteiger partial charge is 1.00 e. The Hall–Kier alpha value is 1.52. The number of hydrogen-bond donors (Lipinski definition) is 1. The summed E-state index contributed by atoms with van der Waals surface area (Å²) in [6, 6.07) is 0. The van der Waals surface area contributed by atoms with E-state index in [4.69, 9.17) is 5.26 Å². The quantitative estimate of drug-likeness (QED) is 0.252. The normalized spacial score (nSPS) is 34.0. The predicted molar refractivity (Wildman–Crippen MR) is 40.6 cm³/mol. The summed E-state index contributed by atoms with van der Waals surface area (Å²) in [5, 5.41) is 11.8. The number of fused-ring (bicyclic) bond motifs is 1. The van der Waals surface area contributed by atoms with E-state index in [9.17, 15) is 0 Å². The van der Waals surface area contributed by atoms with Crippen molar-refractivity contribution in [2.75, 3.05) is 20.2 Å².